The molecule has 5 heteroatoms. The van der Waals surface area contributed by atoms with Crippen molar-refractivity contribution >= 4 is 0 Å². The van der Waals surface area contributed by atoms with Crippen LogP contribution in [0.1, 0.15) is 24.7 Å². The second kappa shape index (κ2) is 3.85. The fourth-order valence-electron chi connectivity index (χ4n) is 1.84. The molecule has 0 aromatic carbocycles. The summed E-state index contributed by atoms with van der Waals surface area (Å²) >= 11 is 0. The molecule has 0 aliphatic carbocycles. The first-order valence-corrected chi connectivity index (χ1v) is 4.53. The Balaban J connectivity index is 2.05. The second-order valence-corrected chi connectivity index (χ2v) is 3.21. The van der Waals surface area contributed by atoms with Gasteiger partial charge in [0.1, 0.15) is 0 Å². The van der Waals surface area contributed by atoms with E-state index in [1.165, 1.54) is 6.39 Å². The molecule has 1 fully saturated rings. The van der Waals surface area contributed by atoms with E-state index in [4.69, 9.17) is 9.63 Å². The summed E-state index contributed by atoms with van der Waals surface area (Å²) in [5, 5.41) is 12.7. The van der Waals surface area contributed by atoms with Crippen molar-refractivity contribution in [1.82, 2.24) is 15.0 Å². The average Bonchev–Trinajstić information content (AvgIpc) is 2.71. The van der Waals surface area contributed by atoms with Crippen molar-refractivity contribution in [2.75, 3.05) is 19.7 Å². The van der Waals surface area contributed by atoms with Gasteiger partial charge in [0.05, 0.1) is 12.6 Å². The van der Waals surface area contributed by atoms with Gasteiger partial charge in [0.15, 0.2) is 5.82 Å². The van der Waals surface area contributed by atoms with Crippen LogP contribution in [0.15, 0.2) is 10.9 Å². The zero-order chi connectivity index (χ0) is 9.10. The van der Waals surface area contributed by atoms with Gasteiger partial charge >= 0.3 is 0 Å². The molecule has 1 aromatic rings. The molecule has 2 heterocycles. The van der Waals surface area contributed by atoms with Crippen molar-refractivity contribution in [1.29, 1.82) is 0 Å². The van der Waals surface area contributed by atoms with Gasteiger partial charge in [-0.05, 0) is 19.4 Å². The molecule has 0 radical (unpaired) electrons. The van der Waals surface area contributed by atoms with Gasteiger partial charge in [0.2, 0.25) is 6.39 Å². The number of hydrogen-bond donors (Lipinski definition) is 1. The first-order chi connectivity index (χ1) is 6.42. The maximum absolute atomic E-state index is 8.84. The number of aromatic nitrogens is 2. The van der Waals surface area contributed by atoms with E-state index >= 15 is 0 Å². The number of hydrogen-bond acceptors (Lipinski definition) is 5. The van der Waals surface area contributed by atoms with Crippen LogP contribution in [0.5, 0.6) is 0 Å². The quantitative estimate of drug-likeness (QED) is 0.725. The number of β-amino-alcohol motifs (C(OH)–C–C–N with tert-alkyl or cyclic N) is 1. The molecule has 1 saturated heterocycles. The Hall–Kier alpha value is -0.940. The van der Waals surface area contributed by atoms with E-state index < -0.39 is 0 Å². The van der Waals surface area contributed by atoms with Crippen LogP contribution in [0.2, 0.25) is 0 Å². The third kappa shape index (κ3) is 1.71. The molecule has 1 aromatic heterocycles. The highest BCUT2D eigenvalue weighted by Crippen LogP contribution is 2.28. The van der Waals surface area contributed by atoms with Crippen LogP contribution in [-0.4, -0.2) is 39.8 Å². The Kier molecular flexibility index (Phi) is 2.56. The van der Waals surface area contributed by atoms with Crippen LogP contribution in [0, 0.1) is 0 Å². The molecule has 72 valence electrons. The van der Waals surface area contributed by atoms with Gasteiger partial charge in [0, 0.05) is 6.54 Å². The van der Waals surface area contributed by atoms with Crippen LogP contribution in [-0.2, 0) is 0 Å². The Morgan fingerprint density at radius 1 is 1.69 bits per heavy atom. The van der Waals surface area contributed by atoms with Crippen molar-refractivity contribution in [2.45, 2.75) is 18.9 Å². The molecule has 5 nitrogen and oxygen atoms in total. The molecule has 0 bridgehead atoms. The van der Waals surface area contributed by atoms with Gasteiger partial charge < -0.3 is 9.63 Å². The molecule has 1 atom stereocenters. The minimum absolute atomic E-state index is 0.189. The van der Waals surface area contributed by atoms with E-state index in [9.17, 15) is 0 Å². The standard InChI is InChI=1S/C8H13N3O2/c12-5-4-11-3-1-2-7(11)8-9-6-13-10-8/h6-7,12H,1-5H2. The largest absolute Gasteiger partial charge is 0.395 e. The van der Waals surface area contributed by atoms with Gasteiger partial charge in [-0.1, -0.05) is 5.16 Å². The maximum atomic E-state index is 8.84. The molecule has 1 N–H and O–H groups in total. The van der Waals surface area contributed by atoms with Crippen molar-refractivity contribution in [2.24, 2.45) is 0 Å². The van der Waals surface area contributed by atoms with Crippen LogP contribution in [0.25, 0.3) is 0 Å². The van der Waals surface area contributed by atoms with E-state index in [0.717, 1.165) is 25.2 Å². The van der Waals surface area contributed by atoms with Crippen LogP contribution >= 0.6 is 0 Å². The Morgan fingerprint density at radius 2 is 2.62 bits per heavy atom. The summed E-state index contributed by atoms with van der Waals surface area (Å²) in [4.78, 5) is 6.22. The summed E-state index contributed by atoms with van der Waals surface area (Å²) < 4.78 is 4.70. The number of aliphatic hydroxyl groups is 1. The number of rotatable bonds is 3. The monoisotopic (exact) mass is 183 g/mol. The minimum Gasteiger partial charge on any atom is -0.395 e. The molecule has 0 spiro atoms. The molecule has 1 aliphatic heterocycles. The van der Waals surface area contributed by atoms with Gasteiger partial charge in [-0.15, -0.1) is 0 Å². The van der Waals surface area contributed by atoms with Crippen molar-refractivity contribution in [3.8, 4) is 0 Å². The van der Waals surface area contributed by atoms with E-state index in [0.29, 0.717) is 6.54 Å². The second-order valence-electron chi connectivity index (χ2n) is 3.21. The number of likely N-dealkylation sites (tertiary alicyclic amines) is 1. The fraction of sp³-hybridized carbons (Fsp3) is 0.750. The highest BCUT2D eigenvalue weighted by atomic mass is 16.5. The van der Waals surface area contributed by atoms with Crippen LogP contribution < -0.4 is 0 Å². The van der Waals surface area contributed by atoms with E-state index in [1.807, 2.05) is 0 Å². The predicted octanol–water partition coefficient (Wildman–Crippen LogP) is 0.199. The van der Waals surface area contributed by atoms with E-state index in [1.54, 1.807) is 0 Å². The van der Waals surface area contributed by atoms with Gasteiger partial charge in [0.25, 0.3) is 0 Å². The Labute approximate surface area is 76.4 Å². The van der Waals surface area contributed by atoms with Crippen molar-refractivity contribution < 1.29 is 9.63 Å². The van der Waals surface area contributed by atoms with Crippen LogP contribution in [0.3, 0.4) is 0 Å². The normalized spacial score (nSPS) is 23.9. The molecule has 13 heavy (non-hydrogen) atoms. The van der Waals surface area contributed by atoms with Gasteiger partial charge in [-0.25, -0.2) is 0 Å². The lowest BCUT2D eigenvalue weighted by atomic mass is 10.2. The third-order valence-corrected chi connectivity index (χ3v) is 2.43. The molecule has 0 amide bonds. The smallest absolute Gasteiger partial charge is 0.213 e. The topological polar surface area (TPSA) is 62.4 Å². The minimum atomic E-state index is 0.189. The average molecular weight is 183 g/mol. The molecular formula is C8H13N3O2. The zero-order valence-electron chi connectivity index (χ0n) is 7.39. The van der Waals surface area contributed by atoms with Gasteiger partial charge in [-0.3, -0.25) is 4.90 Å². The third-order valence-electron chi connectivity index (χ3n) is 2.43. The summed E-state index contributed by atoms with van der Waals surface area (Å²) in [6.07, 6.45) is 3.55. The molecule has 0 saturated carbocycles. The van der Waals surface area contributed by atoms with E-state index in [-0.39, 0.29) is 12.6 Å². The molecule has 1 aliphatic rings. The summed E-state index contributed by atoms with van der Waals surface area (Å²) in [5.74, 6) is 0.742. The maximum Gasteiger partial charge on any atom is 0.213 e. The highest BCUT2D eigenvalue weighted by molar-refractivity contribution is 4.94. The first kappa shape index (κ1) is 8.65. The molecular weight excluding hydrogens is 170 g/mol. The lowest BCUT2D eigenvalue weighted by molar-refractivity contribution is 0.179. The molecule has 2 rings (SSSR count). The first-order valence-electron chi connectivity index (χ1n) is 4.53. The lowest BCUT2D eigenvalue weighted by Crippen LogP contribution is -2.27. The van der Waals surface area contributed by atoms with Crippen LogP contribution in [0.4, 0.5) is 0 Å². The summed E-state index contributed by atoms with van der Waals surface area (Å²) in [7, 11) is 0. The van der Waals surface area contributed by atoms with Gasteiger partial charge in [-0.2, -0.15) is 4.98 Å². The Bertz CT molecular complexity index is 250. The predicted molar refractivity (Wildman–Crippen MR) is 44.9 cm³/mol. The van der Waals surface area contributed by atoms with Crippen molar-refractivity contribution in [3.05, 3.63) is 12.2 Å². The SMILES string of the molecule is OCCN1CCCC1c1ncon1. The Morgan fingerprint density at radius 3 is 3.31 bits per heavy atom. The summed E-state index contributed by atoms with van der Waals surface area (Å²) in [5.41, 5.74) is 0. The summed E-state index contributed by atoms with van der Waals surface area (Å²) in [6, 6.07) is 0.242. The number of aliphatic hydroxyl groups excluding tert-OH is 1. The fourth-order valence-corrected chi connectivity index (χ4v) is 1.84. The van der Waals surface area contributed by atoms with E-state index in [2.05, 4.69) is 15.0 Å². The van der Waals surface area contributed by atoms with Crippen molar-refractivity contribution in [3.63, 3.8) is 0 Å². The highest BCUT2D eigenvalue weighted by Gasteiger charge is 2.28. The number of nitrogens with zero attached hydrogens (tertiary/aromatic N) is 3. The molecule has 1 unspecified atom stereocenters. The summed E-state index contributed by atoms with van der Waals surface area (Å²) in [6.45, 7) is 1.90. The zero-order valence-corrected chi connectivity index (χ0v) is 7.39. The lowest BCUT2D eigenvalue weighted by Gasteiger charge is -2.19.